The van der Waals surface area contributed by atoms with Crippen molar-refractivity contribution in [2.75, 3.05) is 23.3 Å². The van der Waals surface area contributed by atoms with Crippen molar-refractivity contribution in [1.82, 2.24) is 4.98 Å². The first-order valence-corrected chi connectivity index (χ1v) is 11.6. The minimum Gasteiger partial charge on any atom is -0.350 e. The molecule has 4 rings (SSSR count). The summed E-state index contributed by atoms with van der Waals surface area (Å²) in [6.45, 7) is 1.68. The van der Waals surface area contributed by atoms with Crippen LogP contribution in [0.3, 0.4) is 0 Å². The number of hydrogen-bond acceptors (Lipinski definition) is 3. The topological polar surface area (TPSA) is 45.2 Å². The Labute approximate surface area is 207 Å². The number of benzene rings is 2. The molecule has 32 heavy (non-hydrogen) atoms. The van der Waals surface area contributed by atoms with Gasteiger partial charge in [-0.15, -0.1) is 0 Å². The molecule has 10 heteroatoms. The lowest BCUT2D eigenvalue weighted by molar-refractivity contribution is -0.0118. The third-order valence-electron chi connectivity index (χ3n) is 5.26. The summed E-state index contributed by atoms with van der Waals surface area (Å²) in [5.74, 6) is -2.95. The largest absolute Gasteiger partial charge is 0.350 e. The predicted octanol–water partition coefficient (Wildman–Crippen LogP) is 7.55. The second-order valence-corrected chi connectivity index (χ2v) is 9.69. The average molecular weight is 563 g/mol. The van der Waals surface area contributed by atoms with Gasteiger partial charge in [0.05, 0.1) is 38.4 Å². The molecule has 0 bridgehead atoms. The van der Waals surface area contributed by atoms with E-state index >= 15 is 0 Å². The highest BCUT2D eigenvalue weighted by Crippen LogP contribution is 2.36. The van der Waals surface area contributed by atoms with E-state index in [9.17, 15) is 13.6 Å². The Hall–Kier alpha value is -1.67. The summed E-state index contributed by atoms with van der Waals surface area (Å²) in [7, 11) is 0. The quantitative estimate of drug-likeness (QED) is 0.335. The number of pyridine rings is 1. The van der Waals surface area contributed by atoms with Crippen LogP contribution >= 0.6 is 50.7 Å². The van der Waals surface area contributed by atoms with E-state index < -0.39 is 18.4 Å². The zero-order valence-electron chi connectivity index (χ0n) is 16.7. The molecule has 1 fully saturated rings. The summed E-state index contributed by atoms with van der Waals surface area (Å²) < 4.78 is 29.0. The fraction of sp³-hybridized carbons (Fsp3) is 0.273. The third kappa shape index (κ3) is 4.67. The van der Waals surface area contributed by atoms with Gasteiger partial charge in [0.1, 0.15) is 5.82 Å². The monoisotopic (exact) mass is 560 g/mol. The smallest absolute Gasteiger partial charge is 0.265 e. The number of nitrogens with one attached hydrogen (secondary N) is 1. The molecule has 1 aromatic heterocycles. The van der Waals surface area contributed by atoms with Gasteiger partial charge >= 0.3 is 0 Å². The van der Waals surface area contributed by atoms with E-state index in [0.29, 0.717) is 40.8 Å². The molecular weight excluding hydrogens is 547 g/mol. The zero-order chi connectivity index (χ0) is 23.2. The minimum atomic E-state index is -2.81. The maximum atomic E-state index is 14.1. The lowest BCUT2D eigenvalue weighted by atomic mass is 10.0. The molecule has 167 valence electrons. The Morgan fingerprint density at radius 2 is 2.00 bits per heavy atom. The summed E-state index contributed by atoms with van der Waals surface area (Å²) in [5.41, 5.74) is 1.46. The number of carbonyl (C=O) groups excluding carboxylic acids is 1. The van der Waals surface area contributed by atoms with Gasteiger partial charge in [-0.2, -0.15) is 0 Å². The molecule has 4 nitrogen and oxygen atoms in total. The fourth-order valence-electron chi connectivity index (χ4n) is 3.81. The Balaban J connectivity index is 1.83. The summed E-state index contributed by atoms with van der Waals surface area (Å²) in [4.78, 5) is 19.6. The van der Waals surface area contributed by atoms with Crippen molar-refractivity contribution < 1.29 is 13.6 Å². The van der Waals surface area contributed by atoms with E-state index in [-0.39, 0.29) is 27.2 Å². The molecule has 0 spiro atoms. The van der Waals surface area contributed by atoms with Crippen LogP contribution in [0.1, 0.15) is 28.8 Å². The van der Waals surface area contributed by atoms with Gasteiger partial charge in [0.15, 0.2) is 0 Å². The lowest BCUT2D eigenvalue weighted by Gasteiger charge is -2.34. The third-order valence-corrected chi connectivity index (χ3v) is 6.74. The predicted molar refractivity (Wildman–Crippen MR) is 129 cm³/mol. The van der Waals surface area contributed by atoms with Gasteiger partial charge in [0.25, 0.3) is 11.8 Å². The molecular formula is C22H16BrCl3F2N3O. The standard InChI is InChI=1S/C22H16BrCl3F2N3O/c1-11-19(21(32)30-18-9-15(25)14(24)8-16(18)26)13-7-12(23)3-4-17(13)29-20(11)31-6-2-5-22(27,28)10-31/h3-4,7-8H,2,5-6,10H2,1H3,(H,30,32). The Kier molecular flexibility index (Phi) is 6.56. The van der Waals surface area contributed by atoms with Crippen LogP contribution in [-0.4, -0.2) is 29.9 Å². The highest BCUT2D eigenvalue weighted by atomic mass is 79.9. The molecule has 0 unspecified atom stereocenters. The van der Waals surface area contributed by atoms with Gasteiger partial charge < -0.3 is 10.2 Å². The molecule has 0 saturated carbocycles. The second-order valence-electron chi connectivity index (χ2n) is 7.59. The van der Waals surface area contributed by atoms with Crippen LogP contribution in [0.25, 0.3) is 10.9 Å². The molecule has 2 heterocycles. The van der Waals surface area contributed by atoms with Gasteiger partial charge in [0.2, 0.25) is 0 Å². The summed E-state index contributed by atoms with van der Waals surface area (Å²) >= 11 is 21.6. The zero-order valence-corrected chi connectivity index (χ0v) is 20.6. The van der Waals surface area contributed by atoms with E-state index in [0.717, 1.165) is 4.47 Å². The summed E-state index contributed by atoms with van der Waals surface area (Å²) in [5, 5.41) is 3.77. The molecule has 0 aliphatic carbocycles. The molecule has 1 saturated heterocycles. The van der Waals surface area contributed by atoms with Crippen LogP contribution in [0.2, 0.25) is 15.1 Å². The molecule has 1 aliphatic heterocycles. The highest BCUT2D eigenvalue weighted by molar-refractivity contribution is 9.10. The first-order valence-electron chi connectivity index (χ1n) is 9.66. The number of fused-ring (bicyclic) bond motifs is 1. The number of alkyl halides is 2. The Bertz CT molecular complexity index is 1240. The van der Waals surface area contributed by atoms with Crippen molar-refractivity contribution in [2.45, 2.75) is 25.7 Å². The molecule has 0 atom stereocenters. The molecule has 1 amide bonds. The van der Waals surface area contributed by atoms with Gasteiger partial charge in [-0.1, -0.05) is 50.7 Å². The molecule has 1 N–H and O–H groups in total. The van der Waals surface area contributed by atoms with Crippen molar-refractivity contribution in [2.24, 2.45) is 0 Å². The number of rotatable bonds is 3. The number of anilines is 2. The van der Waals surface area contributed by atoms with Crippen molar-refractivity contribution in [1.29, 1.82) is 0 Å². The first kappa shape index (κ1) is 23.5. The van der Waals surface area contributed by atoms with E-state index in [2.05, 4.69) is 32.3 Å². The van der Waals surface area contributed by atoms with Crippen LogP contribution in [0, 0.1) is 13.0 Å². The SMILES string of the molecule is Cc1c(N2CCCC(F)(F)C2)nc2ccc(Br)cc2c1C(=O)Nc1[c]c(Cl)c(Cl)cc1Cl. The van der Waals surface area contributed by atoms with Crippen molar-refractivity contribution in [3.05, 3.63) is 61.0 Å². The van der Waals surface area contributed by atoms with Gasteiger partial charge in [0, 0.05) is 34.5 Å². The number of amides is 1. The maximum Gasteiger partial charge on any atom is 0.265 e. The first-order chi connectivity index (χ1) is 15.1. The Morgan fingerprint density at radius 1 is 1.25 bits per heavy atom. The van der Waals surface area contributed by atoms with Gasteiger partial charge in [-0.3, -0.25) is 4.79 Å². The molecule has 1 aliphatic rings. The number of piperidine rings is 1. The second kappa shape index (κ2) is 8.93. The average Bonchev–Trinajstić information content (AvgIpc) is 2.70. The van der Waals surface area contributed by atoms with Crippen molar-refractivity contribution >= 4 is 79.0 Å². The van der Waals surface area contributed by atoms with E-state index in [1.165, 1.54) is 11.0 Å². The van der Waals surface area contributed by atoms with Crippen LogP contribution in [0.4, 0.5) is 20.3 Å². The molecule has 2 aromatic carbocycles. The van der Waals surface area contributed by atoms with E-state index in [1.54, 1.807) is 25.1 Å². The van der Waals surface area contributed by atoms with E-state index in [4.69, 9.17) is 34.8 Å². The Morgan fingerprint density at radius 3 is 2.72 bits per heavy atom. The van der Waals surface area contributed by atoms with Crippen LogP contribution < -0.4 is 10.2 Å². The lowest BCUT2D eigenvalue weighted by Crippen LogP contribution is -2.43. The molecule has 1 radical (unpaired) electrons. The van der Waals surface area contributed by atoms with Gasteiger partial charge in [-0.25, -0.2) is 13.8 Å². The number of carbonyl (C=O) groups is 1. The molecule has 3 aromatic rings. The van der Waals surface area contributed by atoms with Crippen LogP contribution in [0.5, 0.6) is 0 Å². The normalized spacial score (nSPS) is 15.8. The number of nitrogens with zero attached hydrogens (tertiary/aromatic N) is 2. The number of halogens is 6. The summed E-state index contributed by atoms with van der Waals surface area (Å²) in [6, 6.07) is 9.44. The van der Waals surface area contributed by atoms with Crippen LogP contribution in [0.15, 0.2) is 28.7 Å². The maximum absolute atomic E-state index is 14.1. The van der Waals surface area contributed by atoms with Crippen molar-refractivity contribution in [3.8, 4) is 0 Å². The fourth-order valence-corrected chi connectivity index (χ4v) is 4.73. The van der Waals surface area contributed by atoms with Crippen LogP contribution in [-0.2, 0) is 0 Å². The number of aromatic nitrogens is 1. The van der Waals surface area contributed by atoms with Crippen molar-refractivity contribution in [3.63, 3.8) is 0 Å². The van der Waals surface area contributed by atoms with Gasteiger partial charge in [-0.05, 0) is 37.6 Å². The van der Waals surface area contributed by atoms with E-state index in [1.807, 2.05) is 0 Å². The summed E-state index contributed by atoms with van der Waals surface area (Å²) in [6.07, 6.45) is 0.171. The minimum absolute atomic E-state index is 0.113. The number of hydrogen-bond donors (Lipinski definition) is 1. The highest BCUT2D eigenvalue weighted by Gasteiger charge is 2.36.